The number of rotatable bonds is 4. The van der Waals surface area contributed by atoms with Gasteiger partial charge in [0.1, 0.15) is 0 Å². The zero-order chi connectivity index (χ0) is 13.9. The van der Waals surface area contributed by atoms with E-state index in [1.54, 1.807) is 0 Å². The van der Waals surface area contributed by atoms with Crippen molar-refractivity contribution in [2.45, 2.75) is 23.2 Å². The summed E-state index contributed by atoms with van der Waals surface area (Å²) >= 11 is 14.5. The van der Waals surface area contributed by atoms with Crippen LogP contribution >= 0.6 is 45.8 Å². The predicted molar refractivity (Wildman–Crippen MR) is 92.6 cm³/mol. The molecule has 0 aliphatic rings. The van der Waals surface area contributed by atoms with Gasteiger partial charge >= 0.3 is 0 Å². The fraction of sp³-hybridized carbons (Fsp3) is 0.250. The Hall–Kier alpha value is -0.250. The van der Waals surface area contributed by atoms with Crippen LogP contribution in [0.5, 0.6) is 0 Å². The summed E-state index contributed by atoms with van der Waals surface area (Å²) < 4.78 is -0.0261. The summed E-state index contributed by atoms with van der Waals surface area (Å²) in [4.78, 5) is 0. The number of hydrogen-bond acceptors (Lipinski definition) is 0. The SMILES string of the molecule is CCCC(I)(c1ccc(Cl)cc1)c1ccc(Cl)cc1. The van der Waals surface area contributed by atoms with E-state index in [-0.39, 0.29) is 3.42 Å². The standard InChI is InChI=1S/C16H15Cl2I/c1-2-11-16(19,12-3-7-14(17)8-4-12)13-5-9-15(18)10-6-13/h3-10H,2,11H2,1H3. The van der Waals surface area contributed by atoms with Crippen LogP contribution in [0.4, 0.5) is 0 Å². The van der Waals surface area contributed by atoms with Gasteiger partial charge in [-0.2, -0.15) is 0 Å². The molecule has 0 fully saturated rings. The van der Waals surface area contributed by atoms with Crippen molar-refractivity contribution < 1.29 is 0 Å². The third-order valence-corrected chi connectivity index (χ3v) is 5.49. The quantitative estimate of drug-likeness (QED) is 0.404. The lowest BCUT2D eigenvalue weighted by atomic mass is 9.87. The van der Waals surface area contributed by atoms with E-state index in [4.69, 9.17) is 23.2 Å². The van der Waals surface area contributed by atoms with E-state index < -0.39 is 0 Å². The number of halogens is 3. The summed E-state index contributed by atoms with van der Waals surface area (Å²) in [5.74, 6) is 0. The Bertz CT molecular complexity index is 486. The molecular weight excluding hydrogens is 390 g/mol. The fourth-order valence-corrected chi connectivity index (χ4v) is 3.74. The van der Waals surface area contributed by atoms with Crippen molar-refractivity contribution in [3.8, 4) is 0 Å². The second-order valence-corrected chi connectivity index (χ2v) is 7.28. The summed E-state index contributed by atoms with van der Waals surface area (Å²) in [5.41, 5.74) is 2.56. The first-order valence-electron chi connectivity index (χ1n) is 6.27. The van der Waals surface area contributed by atoms with Crippen molar-refractivity contribution in [1.82, 2.24) is 0 Å². The van der Waals surface area contributed by atoms with E-state index in [0.717, 1.165) is 22.9 Å². The van der Waals surface area contributed by atoms with Gasteiger partial charge in [0.05, 0.1) is 3.42 Å². The van der Waals surface area contributed by atoms with Crippen LogP contribution in [-0.2, 0) is 3.42 Å². The highest BCUT2D eigenvalue weighted by Gasteiger charge is 2.29. The van der Waals surface area contributed by atoms with Gasteiger partial charge in [-0.1, -0.05) is 83.4 Å². The molecule has 0 aliphatic heterocycles. The van der Waals surface area contributed by atoms with Crippen molar-refractivity contribution in [2.24, 2.45) is 0 Å². The molecule has 0 radical (unpaired) electrons. The normalized spacial score (nSPS) is 11.6. The molecule has 0 amide bonds. The fourth-order valence-electron chi connectivity index (χ4n) is 2.23. The molecule has 0 saturated heterocycles. The summed E-state index contributed by atoms with van der Waals surface area (Å²) in [6.45, 7) is 2.21. The Morgan fingerprint density at radius 1 is 0.842 bits per heavy atom. The summed E-state index contributed by atoms with van der Waals surface area (Å²) in [6, 6.07) is 16.3. The van der Waals surface area contributed by atoms with E-state index in [0.29, 0.717) is 0 Å². The van der Waals surface area contributed by atoms with Gasteiger partial charge in [-0.3, -0.25) is 0 Å². The van der Waals surface area contributed by atoms with Crippen LogP contribution < -0.4 is 0 Å². The van der Waals surface area contributed by atoms with Gasteiger partial charge in [0.15, 0.2) is 0 Å². The average molecular weight is 405 g/mol. The van der Waals surface area contributed by atoms with Crippen LogP contribution in [0.2, 0.25) is 10.0 Å². The molecule has 0 heterocycles. The van der Waals surface area contributed by atoms with Crippen LogP contribution in [-0.4, -0.2) is 0 Å². The van der Waals surface area contributed by atoms with Gasteiger partial charge < -0.3 is 0 Å². The van der Waals surface area contributed by atoms with Crippen molar-refractivity contribution in [3.63, 3.8) is 0 Å². The maximum Gasteiger partial charge on any atom is 0.0718 e. The Morgan fingerprint density at radius 2 is 1.21 bits per heavy atom. The molecule has 2 aromatic rings. The van der Waals surface area contributed by atoms with Crippen LogP contribution in [0.15, 0.2) is 48.5 Å². The molecule has 0 nitrogen and oxygen atoms in total. The largest absolute Gasteiger partial charge is 0.0843 e. The maximum atomic E-state index is 5.99. The monoisotopic (exact) mass is 404 g/mol. The predicted octanol–water partition coefficient (Wildman–Crippen LogP) is 6.47. The first kappa shape index (κ1) is 15.1. The highest BCUT2D eigenvalue weighted by atomic mass is 127. The maximum absolute atomic E-state index is 5.99. The molecule has 0 atom stereocenters. The highest BCUT2D eigenvalue weighted by molar-refractivity contribution is 14.1. The van der Waals surface area contributed by atoms with Gasteiger partial charge in [0, 0.05) is 10.0 Å². The molecule has 0 spiro atoms. The number of hydrogen-bond donors (Lipinski definition) is 0. The highest BCUT2D eigenvalue weighted by Crippen LogP contribution is 2.43. The van der Waals surface area contributed by atoms with Crippen molar-refractivity contribution in [1.29, 1.82) is 0 Å². The van der Waals surface area contributed by atoms with E-state index >= 15 is 0 Å². The van der Waals surface area contributed by atoms with E-state index in [1.807, 2.05) is 24.3 Å². The molecular formula is C16H15Cl2I. The lowest BCUT2D eigenvalue weighted by Gasteiger charge is -2.29. The van der Waals surface area contributed by atoms with Gasteiger partial charge in [-0.25, -0.2) is 0 Å². The topological polar surface area (TPSA) is 0 Å². The Kier molecular flexibility index (Phi) is 5.15. The number of alkyl halides is 1. The van der Waals surface area contributed by atoms with E-state index in [1.165, 1.54) is 11.1 Å². The van der Waals surface area contributed by atoms with Crippen LogP contribution in [0, 0.1) is 0 Å². The van der Waals surface area contributed by atoms with Gasteiger partial charge in [0.2, 0.25) is 0 Å². The van der Waals surface area contributed by atoms with Crippen LogP contribution in [0.1, 0.15) is 30.9 Å². The molecule has 0 aromatic heterocycles. The smallest absolute Gasteiger partial charge is 0.0718 e. The van der Waals surface area contributed by atoms with Crippen molar-refractivity contribution in [3.05, 3.63) is 69.7 Å². The second-order valence-electron chi connectivity index (χ2n) is 4.56. The van der Waals surface area contributed by atoms with Gasteiger partial charge in [-0.05, 0) is 41.8 Å². The zero-order valence-electron chi connectivity index (χ0n) is 10.7. The van der Waals surface area contributed by atoms with E-state index in [9.17, 15) is 0 Å². The molecule has 100 valence electrons. The Labute approximate surface area is 138 Å². The molecule has 0 N–H and O–H groups in total. The number of benzene rings is 2. The summed E-state index contributed by atoms with van der Waals surface area (Å²) in [6.07, 6.45) is 2.20. The first-order chi connectivity index (χ1) is 9.06. The molecule has 0 unspecified atom stereocenters. The summed E-state index contributed by atoms with van der Waals surface area (Å²) in [5, 5.41) is 1.55. The third kappa shape index (κ3) is 3.45. The molecule has 0 saturated carbocycles. The molecule has 0 aliphatic carbocycles. The van der Waals surface area contributed by atoms with Crippen LogP contribution in [0.25, 0.3) is 0 Å². The molecule has 0 bridgehead atoms. The van der Waals surface area contributed by atoms with E-state index in [2.05, 4.69) is 53.8 Å². The minimum atomic E-state index is -0.0261. The molecule has 2 rings (SSSR count). The molecule has 19 heavy (non-hydrogen) atoms. The zero-order valence-corrected chi connectivity index (χ0v) is 14.3. The van der Waals surface area contributed by atoms with Crippen molar-refractivity contribution in [2.75, 3.05) is 0 Å². The van der Waals surface area contributed by atoms with Crippen LogP contribution in [0.3, 0.4) is 0 Å². The lowest BCUT2D eigenvalue weighted by molar-refractivity contribution is 0.673. The molecule has 2 aromatic carbocycles. The Balaban J connectivity index is 2.47. The minimum absolute atomic E-state index is 0.0261. The first-order valence-corrected chi connectivity index (χ1v) is 8.11. The lowest BCUT2D eigenvalue weighted by Crippen LogP contribution is -2.19. The van der Waals surface area contributed by atoms with Gasteiger partial charge in [-0.15, -0.1) is 0 Å². The summed E-state index contributed by atoms with van der Waals surface area (Å²) in [7, 11) is 0. The Morgan fingerprint density at radius 3 is 1.53 bits per heavy atom. The van der Waals surface area contributed by atoms with Crippen molar-refractivity contribution >= 4 is 45.8 Å². The second kappa shape index (κ2) is 6.47. The third-order valence-electron chi connectivity index (χ3n) is 3.20. The average Bonchev–Trinajstić information content (AvgIpc) is 2.40. The minimum Gasteiger partial charge on any atom is -0.0843 e. The molecule has 3 heteroatoms. The van der Waals surface area contributed by atoms with Gasteiger partial charge in [0.25, 0.3) is 0 Å².